The Balaban J connectivity index is 1.96. The van der Waals surface area contributed by atoms with Crippen molar-refractivity contribution >= 4 is 21.8 Å². The Labute approximate surface area is 130 Å². The maximum absolute atomic E-state index is 11.9. The van der Waals surface area contributed by atoms with Gasteiger partial charge in [0.1, 0.15) is 12.3 Å². The predicted molar refractivity (Wildman–Crippen MR) is 80.4 cm³/mol. The monoisotopic (exact) mass is 353 g/mol. The van der Waals surface area contributed by atoms with Gasteiger partial charge >= 0.3 is 0 Å². The Hall–Kier alpha value is -1.70. The normalized spacial score (nSPS) is 13.7. The Bertz CT molecular complexity index is 610. The van der Waals surface area contributed by atoms with Crippen LogP contribution in [0.15, 0.2) is 39.4 Å². The van der Waals surface area contributed by atoms with Crippen molar-refractivity contribution in [3.63, 3.8) is 0 Å². The molecule has 0 aliphatic rings. The molecule has 21 heavy (non-hydrogen) atoms. The van der Waals surface area contributed by atoms with Crippen LogP contribution in [0.2, 0.25) is 0 Å². The minimum Gasteiger partial charge on any atom is -0.446 e. The molecule has 2 atom stereocenters. The van der Waals surface area contributed by atoms with Gasteiger partial charge in [-0.25, -0.2) is 4.98 Å². The highest BCUT2D eigenvalue weighted by molar-refractivity contribution is 9.10. The van der Waals surface area contributed by atoms with Gasteiger partial charge in [-0.05, 0) is 24.6 Å². The van der Waals surface area contributed by atoms with Gasteiger partial charge in [0.15, 0.2) is 5.69 Å². The maximum atomic E-state index is 11.9. The molecule has 1 aromatic heterocycles. The number of aliphatic hydroxyl groups is 1. The summed E-state index contributed by atoms with van der Waals surface area (Å²) in [7, 11) is 0. The van der Waals surface area contributed by atoms with Crippen molar-refractivity contribution in [3.05, 3.63) is 52.1 Å². The van der Waals surface area contributed by atoms with Crippen molar-refractivity contribution in [1.29, 1.82) is 0 Å². The smallest absolute Gasteiger partial charge is 0.273 e. The van der Waals surface area contributed by atoms with Gasteiger partial charge in [0.2, 0.25) is 5.89 Å². The molecule has 2 aromatic rings. The first kappa shape index (κ1) is 15.7. The van der Waals surface area contributed by atoms with Crippen molar-refractivity contribution < 1.29 is 14.3 Å². The van der Waals surface area contributed by atoms with Crippen LogP contribution in [-0.2, 0) is 6.54 Å². The second-order valence-electron chi connectivity index (χ2n) is 4.65. The maximum Gasteiger partial charge on any atom is 0.273 e. The SMILES string of the molecule is CC(O)C(N)c1nc(C(=O)NCc2ccc(Br)cc2)co1. The number of carbonyl (C=O) groups excluding carboxylic acids is 1. The molecule has 2 rings (SSSR count). The summed E-state index contributed by atoms with van der Waals surface area (Å²) in [5.74, 6) is -0.218. The van der Waals surface area contributed by atoms with Crippen LogP contribution in [-0.4, -0.2) is 22.1 Å². The van der Waals surface area contributed by atoms with E-state index in [0.29, 0.717) is 6.54 Å². The zero-order chi connectivity index (χ0) is 15.4. The number of hydrogen-bond donors (Lipinski definition) is 3. The summed E-state index contributed by atoms with van der Waals surface area (Å²) >= 11 is 3.35. The Morgan fingerprint density at radius 2 is 2.14 bits per heavy atom. The zero-order valence-electron chi connectivity index (χ0n) is 11.4. The fourth-order valence-electron chi connectivity index (χ4n) is 1.63. The number of amides is 1. The summed E-state index contributed by atoms with van der Waals surface area (Å²) in [6.45, 7) is 1.92. The number of benzene rings is 1. The molecule has 0 aliphatic carbocycles. The van der Waals surface area contributed by atoms with Crippen molar-refractivity contribution in [2.75, 3.05) is 0 Å². The van der Waals surface area contributed by atoms with Crippen LogP contribution in [0.5, 0.6) is 0 Å². The summed E-state index contributed by atoms with van der Waals surface area (Å²) in [4.78, 5) is 15.9. The van der Waals surface area contributed by atoms with Gasteiger partial charge in [0.25, 0.3) is 5.91 Å². The molecule has 1 amide bonds. The quantitative estimate of drug-likeness (QED) is 0.759. The summed E-state index contributed by atoms with van der Waals surface area (Å²) in [5.41, 5.74) is 6.79. The number of oxazole rings is 1. The summed E-state index contributed by atoms with van der Waals surface area (Å²) in [6, 6.07) is 6.86. The van der Waals surface area contributed by atoms with E-state index in [0.717, 1.165) is 10.0 Å². The first-order valence-corrected chi connectivity index (χ1v) is 7.18. The summed E-state index contributed by atoms with van der Waals surface area (Å²) in [5, 5.41) is 12.1. The number of carbonyl (C=O) groups is 1. The topological polar surface area (TPSA) is 101 Å². The Morgan fingerprint density at radius 1 is 1.48 bits per heavy atom. The number of nitrogens with zero attached hydrogens (tertiary/aromatic N) is 1. The lowest BCUT2D eigenvalue weighted by molar-refractivity contribution is 0.0945. The van der Waals surface area contributed by atoms with Crippen LogP contribution in [0.3, 0.4) is 0 Å². The Morgan fingerprint density at radius 3 is 2.76 bits per heavy atom. The van der Waals surface area contributed by atoms with Crippen LogP contribution in [0.1, 0.15) is 34.9 Å². The van der Waals surface area contributed by atoms with Gasteiger partial charge in [-0.1, -0.05) is 28.1 Å². The van der Waals surface area contributed by atoms with Crippen LogP contribution < -0.4 is 11.1 Å². The van der Waals surface area contributed by atoms with E-state index in [-0.39, 0.29) is 17.5 Å². The second kappa shape index (κ2) is 6.84. The second-order valence-corrected chi connectivity index (χ2v) is 5.56. The third kappa shape index (κ3) is 4.13. The number of hydrogen-bond acceptors (Lipinski definition) is 5. The lowest BCUT2D eigenvalue weighted by atomic mass is 10.2. The highest BCUT2D eigenvalue weighted by atomic mass is 79.9. The number of nitrogens with one attached hydrogen (secondary N) is 1. The molecule has 1 heterocycles. The molecule has 0 saturated carbocycles. The third-order valence-corrected chi connectivity index (χ3v) is 3.45. The molecule has 0 saturated heterocycles. The van der Waals surface area contributed by atoms with Gasteiger partial charge in [-0.15, -0.1) is 0 Å². The molecule has 1 aromatic carbocycles. The van der Waals surface area contributed by atoms with Crippen molar-refractivity contribution in [3.8, 4) is 0 Å². The Kier molecular flexibility index (Phi) is 5.11. The molecule has 0 spiro atoms. The number of aromatic nitrogens is 1. The van der Waals surface area contributed by atoms with E-state index < -0.39 is 12.1 Å². The first-order chi connectivity index (χ1) is 9.97. The summed E-state index contributed by atoms with van der Waals surface area (Å²) in [6.07, 6.45) is 0.427. The van der Waals surface area contributed by atoms with E-state index in [4.69, 9.17) is 10.2 Å². The van der Waals surface area contributed by atoms with E-state index in [2.05, 4.69) is 26.2 Å². The largest absolute Gasteiger partial charge is 0.446 e. The minimum absolute atomic E-state index is 0.137. The average Bonchev–Trinajstić information content (AvgIpc) is 2.95. The number of aliphatic hydroxyl groups excluding tert-OH is 1. The molecule has 6 nitrogen and oxygen atoms in total. The fraction of sp³-hybridized carbons (Fsp3) is 0.286. The van der Waals surface area contributed by atoms with Crippen molar-refractivity contribution in [2.24, 2.45) is 5.73 Å². The first-order valence-electron chi connectivity index (χ1n) is 6.39. The van der Waals surface area contributed by atoms with Crippen molar-refractivity contribution in [1.82, 2.24) is 10.3 Å². The molecule has 2 unspecified atom stereocenters. The van der Waals surface area contributed by atoms with Crippen LogP contribution in [0.25, 0.3) is 0 Å². The average molecular weight is 354 g/mol. The molecule has 112 valence electrons. The number of rotatable bonds is 5. The van der Waals surface area contributed by atoms with E-state index in [1.165, 1.54) is 13.2 Å². The fourth-order valence-corrected chi connectivity index (χ4v) is 1.89. The zero-order valence-corrected chi connectivity index (χ0v) is 13.0. The minimum atomic E-state index is -0.803. The van der Waals surface area contributed by atoms with Gasteiger partial charge in [-0.2, -0.15) is 0 Å². The molecule has 0 bridgehead atoms. The lowest BCUT2D eigenvalue weighted by Gasteiger charge is -2.09. The lowest BCUT2D eigenvalue weighted by Crippen LogP contribution is -2.25. The number of nitrogens with two attached hydrogens (primary N) is 1. The number of halogens is 1. The molecule has 7 heteroatoms. The van der Waals surface area contributed by atoms with Gasteiger partial charge in [0.05, 0.1) is 6.10 Å². The molecule has 0 aliphatic heterocycles. The standard InChI is InChI=1S/C14H16BrN3O3/c1-8(19)12(16)14-18-11(7-21-14)13(20)17-6-9-2-4-10(15)5-3-9/h2-5,7-8,12,19H,6,16H2,1H3,(H,17,20). The van der Waals surface area contributed by atoms with E-state index >= 15 is 0 Å². The highest BCUT2D eigenvalue weighted by Crippen LogP contribution is 2.14. The molecular weight excluding hydrogens is 338 g/mol. The van der Waals surface area contributed by atoms with Crippen LogP contribution in [0.4, 0.5) is 0 Å². The molecule has 0 fully saturated rings. The van der Waals surface area contributed by atoms with Crippen LogP contribution >= 0.6 is 15.9 Å². The highest BCUT2D eigenvalue weighted by Gasteiger charge is 2.20. The van der Waals surface area contributed by atoms with E-state index in [9.17, 15) is 9.90 Å². The van der Waals surface area contributed by atoms with E-state index in [1.807, 2.05) is 24.3 Å². The van der Waals surface area contributed by atoms with Crippen molar-refractivity contribution in [2.45, 2.75) is 25.6 Å². The van der Waals surface area contributed by atoms with Gasteiger partial charge in [-0.3, -0.25) is 4.79 Å². The third-order valence-electron chi connectivity index (χ3n) is 2.93. The summed E-state index contributed by atoms with van der Waals surface area (Å²) < 4.78 is 6.09. The molecule has 0 radical (unpaired) electrons. The van der Waals surface area contributed by atoms with Gasteiger partial charge < -0.3 is 20.6 Å². The van der Waals surface area contributed by atoms with Gasteiger partial charge in [0, 0.05) is 11.0 Å². The predicted octanol–water partition coefficient (Wildman–Crippen LogP) is 1.75. The molecule has 4 N–H and O–H groups in total. The van der Waals surface area contributed by atoms with Crippen LogP contribution in [0, 0.1) is 0 Å². The molecular formula is C14H16BrN3O3. The van der Waals surface area contributed by atoms with E-state index in [1.54, 1.807) is 0 Å².